The third-order valence-electron chi connectivity index (χ3n) is 3.49. The van der Waals surface area contributed by atoms with Crippen LogP contribution in [0.3, 0.4) is 0 Å². The molecule has 0 aromatic carbocycles. The van der Waals surface area contributed by atoms with E-state index in [9.17, 15) is 0 Å². The van der Waals surface area contributed by atoms with Gasteiger partial charge in [0.25, 0.3) is 0 Å². The number of nitrogens with two attached hydrogens (primary N) is 1. The summed E-state index contributed by atoms with van der Waals surface area (Å²) in [6.45, 7) is 0. The van der Waals surface area contributed by atoms with Crippen molar-refractivity contribution in [1.29, 1.82) is 0 Å². The Kier molecular flexibility index (Phi) is 2.83. The van der Waals surface area contributed by atoms with Crippen molar-refractivity contribution in [3.05, 3.63) is 30.3 Å². The van der Waals surface area contributed by atoms with Crippen molar-refractivity contribution < 1.29 is 4.52 Å². The number of aromatic nitrogens is 3. The Morgan fingerprint density at radius 3 is 2.72 bits per heavy atom. The van der Waals surface area contributed by atoms with Gasteiger partial charge in [-0.3, -0.25) is 4.98 Å². The predicted octanol–water partition coefficient (Wildman–Crippen LogP) is 2.25. The van der Waals surface area contributed by atoms with Crippen molar-refractivity contribution in [2.75, 3.05) is 0 Å². The van der Waals surface area contributed by atoms with Crippen molar-refractivity contribution >= 4 is 0 Å². The van der Waals surface area contributed by atoms with Crippen LogP contribution in [0.2, 0.25) is 0 Å². The molecule has 0 unspecified atom stereocenters. The summed E-state index contributed by atoms with van der Waals surface area (Å²) in [4.78, 5) is 8.62. The van der Waals surface area contributed by atoms with E-state index in [4.69, 9.17) is 10.3 Å². The monoisotopic (exact) mass is 244 g/mol. The van der Waals surface area contributed by atoms with E-state index in [2.05, 4.69) is 15.1 Å². The fraction of sp³-hybridized carbons (Fsp3) is 0.462. The van der Waals surface area contributed by atoms with E-state index in [-0.39, 0.29) is 0 Å². The molecule has 1 saturated carbocycles. The molecule has 2 N–H and O–H groups in total. The summed E-state index contributed by atoms with van der Waals surface area (Å²) >= 11 is 0. The van der Waals surface area contributed by atoms with Crippen molar-refractivity contribution in [3.8, 4) is 11.5 Å². The normalized spacial score (nSPS) is 18.7. The standard InChI is InChI=1S/C13H16N4O/c14-13(7-3-1-4-8-13)12-16-11(17-18-12)10-6-2-5-9-15-10/h2,5-6,9H,1,3-4,7-8,14H2. The largest absolute Gasteiger partial charge is 0.337 e. The molecule has 5 nitrogen and oxygen atoms in total. The highest BCUT2D eigenvalue weighted by atomic mass is 16.5. The van der Waals surface area contributed by atoms with Crippen molar-refractivity contribution in [2.45, 2.75) is 37.6 Å². The van der Waals surface area contributed by atoms with Gasteiger partial charge in [0.2, 0.25) is 11.7 Å². The Morgan fingerprint density at radius 1 is 1.17 bits per heavy atom. The first-order chi connectivity index (χ1) is 8.78. The van der Waals surface area contributed by atoms with Crippen LogP contribution < -0.4 is 5.73 Å². The van der Waals surface area contributed by atoms with E-state index >= 15 is 0 Å². The van der Waals surface area contributed by atoms with E-state index in [0.29, 0.717) is 17.4 Å². The average Bonchev–Trinajstić information content (AvgIpc) is 2.91. The first kappa shape index (κ1) is 11.3. The number of nitrogens with zero attached hydrogens (tertiary/aromatic N) is 3. The highest BCUT2D eigenvalue weighted by molar-refractivity contribution is 5.47. The minimum Gasteiger partial charge on any atom is -0.337 e. The van der Waals surface area contributed by atoms with Crippen LogP contribution in [0.5, 0.6) is 0 Å². The first-order valence-corrected chi connectivity index (χ1v) is 6.32. The van der Waals surface area contributed by atoms with Gasteiger partial charge in [-0.25, -0.2) is 0 Å². The van der Waals surface area contributed by atoms with E-state index < -0.39 is 5.54 Å². The fourth-order valence-electron chi connectivity index (χ4n) is 2.42. The lowest BCUT2D eigenvalue weighted by Crippen LogP contribution is -2.38. The van der Waals surface area contributed by atoms with Gasteiger partial charge in [0.05, 0.1) is 5.54 Å². The molecule has 2 aromatic rings. The Labute approximate surface area is 105 Å². The zero-order chi connectivity index (χ0) is 12.4. The van der Waals surface area contributed by atoms with Crippen LogP contribution in [-0.4, -0.2) is 15.1 Å². The first-order valence-electron chi connectivity index (χ1n) is 6.32. The minimum absolute atomic E-state index is 0.446. The van der Waals surface area contributed by atoms with Crippen molar-refractivity contribution in [2.24, 2.45) is 5.73 Å². The number of hydrogen-bond donors (Lipinski definition) is 1. The van der Waals surface area contributed by atoms with Crippen LogP contribution in [0, 0.1) is 0 Å². The van der Waals surface area contributed by atoms with Gasteiger partial charge in [-0.1, -0.05) is 30.5 Å². The third kappa shape index (κ3) is 2.01. The van der Waals surface area contributed by atoms with E-state index in [1.54, 1.807) is 6.20 Å². The Hall–Kier alpha value is -1.75. The molecule has 2 aromatic heterocycles. The lowest BCUT2D eigenvalue weighted by atomic mass is 9.82. The van der Waals surface area contributed by atoms with Gasteiger partial charge in [0.15, 0.2) is 0 Å². The molecular formula is C13H16N4O. The maximum atomic E-state index is 6.36. The van der Waals surface area contributed by atoms with Crippen molar-refractivity contribution in [3.63, 3.8) is 0 Å². The van der Waals surface area contributed by atoms with E-state index in [0.717, 1.165) is 25.7 Å². The molecule has 1 fully saturated rings. The predicted molar refractivity (Wildman–Crippen MR) is 66.5 cm³/mol. The summed E-state index contributed by atoms with van der Waals surface area (Å²) in [7, 11) is 0. The van der Waals surface area contributed by atoms with Gasteiger partial charge in [0, 0.05) is 6.20 Å². The molecule has 2 heterocycles. The average molecular weight is 244 g/mol. The highest BCUT2D eigenvalue weighted by Crippen LogP contribution is 2.34. The lowest BCUT2D eigenvalue weighted by molar-refractivity contribution is 0.220. The van der Waals surface area contributed by atoms with Gasteiger partial charge >= 0.3 is 0 Å². The Bertz CT molecular complexity index is 517. The van der Waals surface area contributed by atoms with E-state index in [1.807, 2.05) is 18.2 Å². The van der Waals surface area contributed by atoms with Gasteiger partial charge in [0.1, 0.15) is 5.69 Å². The molecule has 1 aliphatic carbocycles. The second-order valence-electron chi connectivity index (χ2n) is 4.85. The molecule has 1 aliphatic rings. The van der Waals surface area contributed by atoms with Crippen LogP contribution in [0.1, 0.15) is 38.0 Å². The summed E-state index contributed by atoms with van der Waals surface area (Å²) in [5.74, 6) is 1.06. The van der Waals surface area contributed by atoms with Crippen molar-refractivity contribution in [1.82, 2.24) is 15.1 Å². The Balaban J connectivity index is 1.89. The second kappa shape index (κ2) is 4.49. The molecule has 3 rings (SSSR count). The Morgan fingerprint density at radius 2 is 2.00 bits per heavy atom. The van der Waals surface area contributed by atoms with Crippen LogP contribution in [0.4, 0.5) is 0 Å². The smallest absolute Gasteiger partial charge is 0.247 e. The molecule has 0 bridgehead atoms. The maximum Gasteiger partial charge on any atom is 0.247 e. The van der Waals surface area contributed by atoms with E-state index in [1.165, 1.54) is 6.42 Å². The van der Waals surface area contributed by atoms with Gasteiger partial charge in [-0.05, 0) is 25.0 Å². The molecular weight excluding hydrogens is 228 g/mol. The summed E-state index contributed by atoms with van der Waals surface area (Å²) < 4.78 is 5.34. The molecule has 0 saturated heterocycles. The van der Waals surface area contributed by atoms with Crippen LogP contribution in [0.15, 0.2) is 28.9 Å². The summed E-state index contributed by atoms with van der Waals surface area (Å²) in [5, 5.41) is 3.98. The summed E-state index contributed by atoms with van der Waals surface area (Å²) in [5.41, 5.74) is 6.62. The highest BCUT2D eigenvalue weighted by Gasteiger charge is 2.35. The molecule has 0 spiro atoms. The zero-order valence-corrected chi connectivity index (χ0v) is 10.2. The molecule has 0 aliphatic heterocycles. The van der Waals surface area contributed by atoms with Gasteiger partial charge < -0.3 is 10.3 Å². The topological polar surface area (TPSA) is 77.8 Å². The van der Waals surface area contributed by atoms with Crippen LogP contribution in [0.25, 0.3) is 11.5 Å². The SMILES string of the molecule is NC1(c2nc(-c3ccccn3)no2)CCCCC1. The molecule has 0 atom stereocenters. The summed E-state index contributed by atoms with van der Waals surface area (Å²) in [6.07, 6.45) is 7.02. The second-order valence-corrected chi connectivity index (χ2v) is 4.85. The van der Waals surface area contributed by atoms with Crippen LogP contribution in [-0.2, 0) is 5.54 Å². The molecule has 0 radical (unpaired) electrons. The summed E-state index contributed by atoms with van der Waals surface area (Å²) in [6, 6.07) is 5.62. The number of pyridine rings is 1. The quantitative estimate of drug-likeness (QED) is 0.876. The lowest BCUT2D eigenvalue weighted by Gasteiger charge is -2.29. The van der Waals surface area contributed by atoms with Gasteiger partial charge in [-0.15, -0.1) is 0 Å². The molecule has 0 amide bonds. The number of hydrogen-bond acceptors (Lipinski definition) is 5. The molecule has 94 valence electrons. The molecule has 5 heteroatoms. The maximum absolute atomic E-state index is 6.36. The molecule has 18 heavy (non-hydrogen) atoms. The minimum atomic E-state index is -0.446. The van der Waals surface area contributed by atoms with Crippen LogP contribution >= 0.6 is 0 Å². The fourth-order valence-corrected chi connectivity index (χ4v) is 2.42. The van der Waals surface area contributed by atoms with Gasteiger partial charge in [-0.2, -0.15) is 4.98 Å². The third-order valence-corrected chi connectivity index (χ3v) is 3.49. The zero-order valence-electron chi connectivity index (χ0n) is 10.2. The number of rotatable bonds is 2.